The molecule has 3 heterocycles. The van der Waals surface area contributed by atoms with E-state index >= 15 is 0 Å². The Kier molecular flexibility index (Phi) is 10.2. The van der Waals surface area contributed by atoms with Gasteiger partial charge in [-0.2, -0.15) is 0 Å². The van der Waals surface area contributed by atoms with Gasteiger partial charge < -0.3 is 34.7 Å². The molecule has 0 spiro atoms. The van der Waals surface area contributed by atoms with Crippen molar-refractivity contribution in [3.05, 3.63) is 69.5 Å². The highest BCUT2D eigenvalue weighted by Gasteiger charge is 2.36. The molecule has 252 valence electrons. The molecule has 0 radical (unpaired) electrons. The van der Waals surface area contributed by atoms with Gasteiger partial charge in [0.15, 0.2) is 5.65 Å². The standard InChI is InChI=1S/C32H38ClF2N7O5/c1-19(16-47-17-20-11-24(36)30(43)41(14-20)22-7-9-32(34,35)10-8-22)38-31(44)42-18-37-28-25(13-27(33)39-29(28)42)40(2)15-21-5-6-23(45-3)12-26(21)46-4/h5-6,11-14,18-19,22H,7-10,15-17,36H2,1-4H3,(H,38,44)/t19-/m1/s1. The number of alkyl halides is 2. The highest BCUT2D eigenvalue weighted by atomic mass is 35.5. The first-order valence-electron chi connectivity index (χ1n) is 15.1. The summed E-state index contributed by atoms with van der Waals surface area (Å²) in [5, 5.41) is 3.06. The van der Waals surface area contributed by atoms with E-state index in [1.54, 1.807) is 39.5 Å². The lowest BCUT2D eigenvalue weighted by molar-refractivity contribution is -0.0442. The zero-order valence-electron chi connectivity index (χ0n) is 26.6. The summed E-state index contributed by atoms with van der Waals surface area (Å²) in [6.07, 6.45) is 2.84. The number of aromatic nitrogens is 4. The number of imidazole rings is 1. The van der Waals surface area contributed by atoms with Gasteiger partial charge in [0.1, 0.15) is 28.5 Å². The lowest BCUT2D eigenvalue weighted by atomic mass is 9.92. The van der Waals surface area contributed by atoms with E-state index in [1.807, 2.05) is 24.1 Å². The molecule has 15 heteroatoms. The van der Waals surface area contributed by atoms with Crippen molar-refractivity contribution < 1.29 is 27.8 Å². The van der Waals surface area contributed by atoms with Gasteiger partial charge >= 0.3 is 6.03 Å². The highest BCUT2D eigenvalue weighted by molar-refractivity contribution is 6.30. The van der Waals surface area contributed by atoms with Crippen molar-refractivity contribution in [1.29, 1.82) is 0 Å². The number of ether oxygens (including phenoxy) is 3. The zero-order valence-corrected chi connectivity index (χ0v) is 27.4. The lowest BCUT2D eigenvalue weighted by Crippen LogP contribution is -2.38. The fourth-order valence-electron chi connectivity index (χ4n) is 5.72. The summed E-state index contributed by atoms with van der Waals surface area (Å²) in [6.45, 7) is 2.47. The van der Waals surface area contributed by atoms with Crippen LogP contribution < -0.4 is 31.0 Å². The molecule has 1 aliphatic rings. The molecule has 0 bridgehead atoms. The Balaban J connectivity index is 1.22. The summed E-state index contributed by atoms with van der Waals surface area (Å²) in [7, 11) is 5.06. The van der Waals surface area contributed by atoms with Crippen LogP contribution >= 0.6 is 11.6 Å². The van der Waals surface area contributed by atoms with Crippen molar-refractivity contribution in [2.45, 2.75) is 63.8 Å². The molecule has 5 rings (SSSR count). The first-order valence-corrected chi connectivity index (χ1v) is 15.5. The molecule has 1 saturated carbocycles. The van der Waals surface area contributed by atoms with Crippen LogP contribution in [0.1, 0.15) is 49.8 Å². The number of methoxy groups -OCH3 is 2. The third kappa shape index (κ3) is 7.76. The molecule has 0 saturated heterocycles. The Morgan fingerprint density at radius 3 is 2.66 bits per heavy atom. The van der Waals surface area contributed by atoms with Crippen LogP contribution in [0.2, 0.25) is 5.15 Å². The number of carbonyl (C=O) groups is 1. The Bertz CT molecular complexity index is 1800. The number of hydrogen-bond donors (Lipinski definition) is 2. The minimum Gasteiger partial charge on any atom is -0.497 e. The molecule has 1 aliphatic carbocycles. The maximum atomic E-state index is 13.7. The van der Waals surface area contributed by atoms with Gasteiger partial charge in [0, 0.05) is 56.4 Å². The quantitative estimate of drug-likeness (QED) is 0.201. The summed E-state index contributed by atoms with van der Waals surface area (Å²) >= 11 is 6.39. The maximum absolute atomic E-state index is 13.7. The number of carbonyl (C=O) groups excluding carboxylic acids is 1. The second-order valence-corrected chi connectivity index (χ2v) is 12.1. The number of benzene rings is 1. The van der Waals surface area contributed by atoms with Crippen LogP contribution in [0.3, 0.4) is 0 Å². The Labute approximate surface area is 275 Å². The van der Waals surface area contributed by atoms with E-state index in [1.165, 1.54) is 21.5 Å². The van der Waals surface area contributed by atoms with Crippen molar-refractivity contribution in [1.82, 2.24) is 24.4 Å². The predicted molar refractivity (Wildman–Crippen MR) is 175 cm³/mol. The molecule has 1 atom stereocenters. The number of pyridine rings is 2. The van der Waals surface area contributed by atoms with Crippen LogP contribution in [0.15, 0.2) is 47.7 Å². The Morgan fingerprint density at radius 1 is 1.21 bits per heavy atom. The smallest absolute Gasteiger partial charge is 0.328 e. The van der Waals surface area contributed by atoms with Gasteiger partial charge in [-0.25, -0.2) is 28.1 Å². The first-order chi connectivity index (χ1) is 22.4. The van der Waals surface area contributed by atoms with E-state index in [2.05, 4.69) is 15.3 Å². The normalized spacial score (nSPS) is 15.4. The van der Waals surface area contributed by atoms with Crippen molar-refractivity contribution in [2.75, 3.05) is 38.5 Å². The highest BCUT2D eigenvalue weighted by Crippen LogP contribution is 2.38. The van der Waals surface area contributed by atoms with E-state index in [-0.39, 0.29) is 61.4 Å². The second-order valence-electron chi connectivity index (χ2n) is 11.8. The molecule has 1 fully saturated rings. The maximum Gasteiger partial charge on any atom is 0.328 e. The topological polar surface area (TPSA) is 139 Å². The number of nitrogens with one attached hydrogen (secondary N) is 1. The number of anilines is 2. The average Bonchev–Trinajstić information content (AvgIpc) is 3.46. The van der Waals surface area contributed by atoms with E-state index < -0.39 is 23.6 Å². The molecule has 47 heavy (non-hydrogen) atoms. The van der Waals surface area contributed by atoms with Crippen molar-refractivity contribution in [2.24, 2.45) is 0 Å². The predicted octanol–water partition coefficient (Wildman–Crippen LogP) is 5.40. The third-order valence-corrected chi connectivity index (χ3v) is 8.39. The molecule has 3 N–H and O–H groups in total. The van der Waals surface area contributed by atoms with Crippen molar-refractivity contribution in [3.63, 3.8) is 0 Å². The summed E-state index contributed by atoms with van der Waals surface area (Å²) in [5.41, 5.74) is 8.54. The minimum atomic E-state index is -2.70. The fraction of sp³-hybridized carbons (Fsp3) is 0.438. The molecule has 0 aliphatic heterocycles. The summed E-state index contributed by atoms with van der Waals surface area (Å²) in [4.78, 5) is 36.7. The molecule has 0 unspecified atom stereocenters. The van der Waals surface area contributed by atoms with E-state index in [0.29, 0.717) is 34.8 Å². The summed E-state index contributed by atoms with van der Waals surface area (Å²) in [5.74, 6) is -1.37. The molecule has 1 aromatic carbocycles. The van der Waals surface area contributed by atoms with Gasteiger partial charge in [-0.05, 0) is 43.5 Å². The number of hydrogen-bond acceptors (Lipinski definition) is 9. The lowest BCUT2D eigenvalue weighted by Gasteiger charge is -2.30. The van der Waals surface area contributed by atoms with Gasteiger partial charge in [0.05, 0.1) is 44.8 Å². The van der Waals surface area contributed by atoms with Gasteiger partial charge in [-0.3, -0.25) is 4.79 Å². The number of halogens is 3. The van der Waals surface area contributed by atoms with Crippen LogP contribution in [0.5, 0.6) is 11.5 Å². The van der Waals surface area contributed by atoms with Gasteiger partial charge in [-0.15, -0.1) is 0 Å². The monoisotopic (exact) mass is 673 g/mol. The molecular weight excluding hydrogens is 636 g/mol. The Morgan fingerprint density at radius 2 is 1.96 bits per heavy atom. The number of nitrogen functional groups attached to an aromatic ring is 1. The van der Waals surface area contributed by atoms with Gasteiger partial charge in [0.25, 0.3) is 5.56 Å². The van der Waals surface area contributed by atoms with Crippen LogP contribution in [0, 0.1) is 0 Å². The van der Waals surface area contributed by atoms with Crippen LogP contribution in [0.4, 0.5) is 25.0 Å². The number of nitrogens with zero attached hydrogens (tertiary/aromatic N) is 5. The largest absolute Gasteiger partial charge is 0.497 e. The van der Waals surface area contributed by atoms with Crippen LogP contribution in [-0.2, 0) is 17.9 Å². The SMILES string of the molecule is COc1ccc(CN(C)c2cc(Cl)nc3c2ncn3C(=O)N[C@H](C)COCc2cc(N)c(=O)n(C3CCC(F)(F)CC3)c2)c(OC)c1. The Hall–Kier alpha value is -4.43. The number of rotatable bonds is 11. The van der Waals surface area contributed by atoms with E-state index in [4.69, 9.17) is 31.5 Å². The number of amides is 1. The molecule has 1 amide bonds. The first kappa shape index (κ1) is 33.9. The number of fused-ring (bicyclic) bond motifs is 1. The summed E-state index contributed by atoms with van der Waals surface area (Å²) < 4.78 is 46.7. The van der Waals surface area contributed by atoms with Crippen molar-refractivity contribution >= 4 is 40.2 Å². The molecule has 4 aromatic rings. The zero-order chi connectivity index (χ0) is 33.9. The number of nitrogens with two attached hydrogens (primary N) is 1. The molecular formula is C32H38ClF2N7O5. The van der Waals surface area contributed by atoms with Crippen LogP contribution in [0.25, 0.3) is 11.2 Å². The van der Waals surface area contributed by atoms with Crippen molar-refractivity contribution in [3.8, 4) is 11.5 Å². The molecule has 3 aromatic heterocycles. The third-order valence-electron chi connectivity index (χ3n) is 8.20. The van der Waals surface area contributed by atoms with E-state index in [0.717, 1.165) is 5.56 Å². The minimum absolute atomic E-state index is 0.0242. The van der Waals surface area contributed by atoms with Gasteiger partial charge in [0.2, 0.25) is 5.92 Å². The van der Waals surface area contributed by atoms with Gasteiger partial charge in [-0.1, -0.05) is 11.6 Å². The average molecular weight is 674 g/mol. The fourth-order valence-corrected chi connectivity index (χ4v) is 5.90. The molecule has 12 nitrogen and oxygen atoms in total. The van der Waals surface area contributed by atoms with Crippen LogP contribution in [-0.4, -0.2) is 65.0 Å². The summed E-state index contributed by atoms with van der Waals surface area (Å²) in [6, 6.07) is 7.52. The van der Waals surface area contributed by atoms with E-state index in [9.17, 15) is 18.4 Å². The second kappa shape index (κ2) is 14.1.